The van der Waals surface area contributed by atoms with Crippen LogP contribution in [0, 0.1) is 5.41 Å². The van der Waals surface area contributed by atoms with Gasteiger partial charge in [0.15, 0.2) is 0 Å². The molecule has 4 heteroatoms. The van der Waals surface area contributed by atoms with Crippen LogP contribution in [0.5, 0.6) is 0 Å². The molecule has 1 rings (SSSR count). The van der Waals surface area contributed by atoms with Gasteiger partial charge < -0.3 is 14.9 Å². The highest BCUT2D eigenvalue weighted by molar-refractivity contribution is 5.74. The Balaban J connectivity index is 2.58. The molecule has 19 heavy (non-hydrogen) atoms. The number of likely N-dealkylation sites (tertiary alicyclic amines) is 1. The van der Waals surface area contributed by atoms with Gasteiger partial charge in [-0.1, -0.05) is 20.8 Å². The lowest BCUT2D eigenvalue weighted by Crippen LogP contribution is -2.48. The van der Waals surface area contributed by atoms with Crippen LogP contribution in [0.25, 0.3) is 0 Å². The van der Waals surface area contributed by atoms with E-state index >= 15 is 0 Å². The summed E-state index contributed by atoms with van der Waals surface area (Å²) in [6.45, 7) is 10.3. The third kappa shape index (κ3) is 3.93. The summed E-state index contributed by atoms with van der Waals surface area (Å²) in [4.78, 5) is 16.3. The number of carboxylic acids is 1. The molecule has 4 nitrogen and oxygen atoms in total. The molecule has 0 atom stereocenters. The minimum atomic E-state index is -0.643. The minimum absolute atomic E-state index is 0.541. The summed E-state index contributed by atoms with van der Waals surface area (Å²) in [7, 11) is 2.09. The lowest BCUT2D eigenvalue weighted by atomic mass is 9.81. The van der Waals surface area contributed by atoms with Gasteiger partial charge in [-0.2, -0.15) is 0 Å². The van der Waals surface area contributed by atoms with E-state index in [1.165, 1.54) is 0 Å². The van der Waals surface area contributed by atoms with Gasteiger partial charge in [-0.15, -0.1) is 0 Å². The van der Waals surface area contributed by atoms with Crippen LogP contribution in [0.3, 0.4) is 0 Å². The van der Waals surface area contributed by atoms with Gasteiger partial charge in [0.05, 0.1) is 5.41 Å². The van der Waals surface area contributed by atoms with Crippen molar-refractivity contribution in [1.29, 1.82) is 0 Å². The van der Waals surface area contributed by atoms with Crippen molar-refractivity contribution in [3.05, 3.63) is 0 Å². The van der Waals surface area contributed by atoms with Crippen molar-refractivity contribution in [2.24, 2.45) is 5.41 Å². The fourth-order valence-corrected chi connectivity index (χ4v) is 3.13. The molecule has 0 bridgehead atoms. The molecule has 1 heterocycles. The minimum Gasteiger partial charge on any atom is -0.481 e. The first kappa shape index (κ1) is 16.4. The third-order valence-corrected chi connectivity index (χ3v) is 4.99. The van der Waals surface area contributed by atoms with E-state index < -0.39 is 11.4 Å². The van der Waals surface area contributed by atoms with Gasteiger partial charge in [-0.3, -0.25) is 4.79 Å². The first-order valence-electron chi connectivity index (χ1n) is 7.65. The van der Waals surface area contributed by atoms with Crippen molar-refractivity contribution in [3.8, 4) is 0 Å². The molecule has 0 amide bonds. The Hall–Kier alpha value is -0.610. The smallest absolute Gasteiger partial charge is 0.310 e. The van der Waals surface area contributed by atoms with E-state index in [1.54, 1.807) is 0 Å². The molecule has 0 aliphatic carbocycles. The summed E-state index contributed by atoms with van der Waals surface area (Å²) in [6, 6.07) is 0.541. The van der Waals surface area contributed by atoms with Gasteiger partial charge in [-0.25, -0.2) is 0 Å². The molecule has 1 saturated heterocycles. The van der Waals surface area contributed by atoms with Crippen molar-refractivity contribution in [2.45, 2.75) is 52.5 Å². The predicted molar refractivity (Wildman–Crippen MR) is 78.4 cm³/mol. The second-order valence-corrected chi connectivity index (χ2v) is 5.87. The Morgan fingerprint density at radius 3 is 2.16 bits per heavy atom. The number of hydrogen-bond acceptors (Lipinski definition) is 3. The maximum atomic E-state index is 11.6. The average molecular weight is 270 g/mol. The topological polar surface area (TPSA) is 43.8 Å². The Morgan fingerprint density at radius 2 is 1.79 bits per heavy atom. The zero-order valence-corrected chi connectivity index (χ0v) is 13.0. The van der Waals surface area contributed by atoms with Crippen LogP contribution in [0.4, 0.5) is 0 Å². The molecule has 0 aromatic heterocycles. The van der Waals surface area contributed by atoms with E-state index in [1.807, 2.05) is 13.8 Å². The summed E-state index contributed by atoms with van der Waals surface area (Å²) >= 11 is 0. The molecule has 1 aliphatic rings. The molecule has 1 N–H and O–H groups in total. The SMILES string of the molecule is CCN1CCC(N(C)CC(CC)(CC)C(=O)O)CC1. The van der Waals surface area contributed by atoms with Gasteiger partial charge >= 0.3 is 5.97 Å². The third-order valence-electron chi connectivity index (χ3n) is 4.99. The van der Waals surface area contributed by atoms with Crippen LogP contribution < -0.4 is 0 Å². The summed E-state index contributed by atoms with van der Waals surface area (Å²) in [5, 5.41) is 9.52. The Morgan fingerprint density at radius 1 is 1.26 bits per heavy atom. The number of carboxylic acid groups (broad SMARTS) is 1. The van der Waals surface area contributed by atoms with Crippen molar-refractivity contribution >= 4 is 5.97 Å². The molecule has 0 spiro atoms. The number of nitrogens with zero attached hydrogens (tertiary/aromatic N) is 2. The van der Waals surface area contributed by atoms with Crippen molar-refractivity contribution < 1.29 is 9.90 Å². The van der Waals surface area contributed by atoms with Crippen LogP contribution in [-0.2, 0) is 4.79 Å². The maximum absolute atomic E-state index is 11.6. The number of aliphatic carboxylic acids is 1. The van der Waals surface area contributed by atoms with Gasteiger partial charge in [-0.05, 0) is 52.4 Å². The predicted octanol–water partition coefficient (Wildman–Crippen LogP) is 2.29. The zero-order valence-electron chi connectivity index (χ0n) is 13.0. The van der Waals surface area contributed by atoms with Crippen LogP contribution in [0.2, 0.25) is 0 Å². The van der Waals surface area contributed by atoms with Crippen molar-refractivity contribution in [2.75, 3.05) is 33.2 Å². The maximum Gasteiger partial charge on any atom is 0.310 e. The highest BCUT2D eigenvalue weighted by Gasteiger charge is 2.37. The van der Waals surface area contributed by atoms with E-state index in [4.69, 9.17) is 0 Å². The van der Waals surface area contributed by atoms with E-state index in [-0.39, 0.29) is 0 Å². The molecule has 0 saturated carbocycles. The van der Waals surface area contributed by atoms with E-state index in [2.05, 4.69) is 23.8 Å². The lowest BCUT2D eigenvalue weighted by Gasteiger charge is -2.40. The molecule has 0 unspecified atom stereocenters. The Labute approximate surface area is 117 Å². The number of piperidine rings is 1. The van der Waals surface area contributed by atoms with Crippen molar-refractivity contribution in [1.82, 2.24) is 9.80 Å². The largest absolute Gasteiger partial charge is 0.481 e. The Bertz CT molecular complexity index is 282. The summed E-state index contributed by atoms with van der Waals surface area (Å²) < 4.78 is 0. The second kappa shape index (κ2) is 7.25. The molecular formula is C15H30N2O2. The molecule has 112 valence electrons. The zero-order chi connectivity index (χ0) is 14.5. The van der Waals surface area contributed by atoms with Crippen LogP contribution in [0.15, 0.2) is 0 Å². The first-order valence-corrected chi connectivity index (χ1v) is 7.65. The first-order chi connectivity index (χ1) is 8.99. The van der Waals surface area contributed by atoms with Crippen LogP contribution >= 0.6 is 0 Å². The molecule has 0 radical (unpaired) electrons. The highest BCUT2D eigenvalue weighted by Crippen LogP contribution is 2.29. The fraction of sp³-hybridized carbons (Fsp3) is 0.933. The van der Waals surface area contributed by atoms with Gasteiger partial charge in [0.1, 0.15) is 0 Å². The van der Waals surface area contributed by atoms with Gasteiger partial charge in [0.25, 0.3) is 0 Å². The molecule has 0 aromatic carbocycles. The molecule has 1 aliphatic heterocycles. The van der Waals surface area contributed by atoms with Gasteiger partial charge in [0, 0.05) is 12.6 Å². The quantitative estimate of drug-likeness (QED) is 0.771. The summed E-state index contributed by atoms with van der Waals surface area (Å²) in [5.41, 5.74) is -0.573. The van der Waals surface area contributed by atoms with Gasteiger partial charge in [0.2, 0.25) is 0 Å². The standard InChI is InChI=1S/C15H30N2O2/c1-5-15(6-2,14(18)19)12-16(4)13-8-10-17(7-3)11-9-13/h13H,5-12H2,1-4H3,(H,18,19). The van der Waals surface area contributed by atoms with E-state index in [9.17, 15) is 9.90 Å². The lowest BCUT2D eigenvalue weighted by molar-refractivity contribution is -0.151. The van der Waals surface area contributed by atoms with E-state index in [0.29, 0.717) is 25.4 Å². The number of rotatable bonds is 7. The summed E-state index contributed by atoms with van der Waals surface area (Å²) in [6.07, 6.45) is 3.73. The van der Waals surface area contributed by atoms with Crippen LogP contribution in [0.1, 0.15) is 46.5 Å². The number of hydrogen-bond donors (Lipinski definition) is 1. The van der Waals surface area contributed by atoms with Crippen molar-refractivity contribution in [3.63, 3.8) is 0 Å². The molecule has 0 aromatic rings. The fourth-order valence-electron chi connectivity index (χ4n) is 3.13. The number of carbonyl (C=O) groups is 1. The highest BCUT2D eigenvalue weighted by atomic mass is 16.4. The normalized spacial score (nSPS) is 19.0. The second-order valence-electron chi connectivity index (χ2n) is 5.87. The van der Waals surface area contributed by atoms with Crippen LogP contribution in [-0.4, -0.2) is 60.1 Å². The molecule has 1 fully saturated rings. The monoisotopic (exact) mass is 270 g/mol. The Kier molecular flexibility index (Phi) is 6.27. The summed E-state index contributed by atoms with van der Waals surface area (Å²) in [5.74, 6) is -0.643. The average Bonchev–Trinajstić information content (AvgIpc) is 2.44. The van der Waals surface area contributed by atoms with E-state index in [0.717, 1.165) is 32.5 Å². The molecular weight excluding hydrogens is 240 g/mol.